The molecule has 0 saturated heterocycles. The van der Waals surface area contributed by atoms with Crippen molar-refractivity contribution in [2.45, 2.75) is 5.01 Å². The summed E-state index contributed by atoms with van der Waals surface area (Å²) in [5.41, 5.74) is 0. The predicted molar refractivity (Wildman–Crippen MR) is 35.9 cm³/mol. The predicted octanol–water partition coefficient (Wildman–Crippen LogP) is 2.83. The van der Waals surface area contributed by atoms with Crippen LogP contribution in [0.25, 0.3) is 0 Å². The van der Waals surface area contributed by atoms with Crippen molar-refractivity contribution in [3.05, 3.63) is 0 Å². The first-order valence-electron chi connectivity index (χ1n) is 1.38. The summed E-state index contributed by atoms with van der Waals surface area (Å²) in [5.74, 6) is 0. The molecule has 7 heteroatoms. The molecule has 1 atom stereocenters. The van der Waals surface area contributed by atoms with Gasteiger partial charge in [-0.15, -0.1) is 0 Å². The van der Waals surface area contributed by atoms with Crippen LogP contribution in [-0.4, -0.2) is 13.6 Å². The molecule has 0 heterocycles. The van der Waals surface area contributed by atoms with E-state index in [-0.39, 0.29) is 0 Å². The maximum atomic E-state index is 11.9. The number of hydrogen-bond donors (Lipinski definition) is 0. The molecule has 0 fully saturated rings. The van der Waals surface area contributed by atoms with Crippen LogP contribution in [0.1, 0.15) is 0 Å². The van der Waals surface area contributed by atoms with Gasteiger partial charge in [-0.3, -0.25) is 0 Å². The van der Waals surface area contributed by atoms with Crippen LogP contribution in [0.3, 0.4) is 0 Å². The first-order chi connectivity index (χ1) is 3.25. The summed E-state index contributed by atoms with van der Waals surface area (Å²) in [4.78, 5) is 0. The van der Waals surface area contributed by atoms with E-state index >= 15 is 0 Å². The van der Waals surface area contributed by atoms with E-state index in [4.69, 9.17) is 0 Å². The molecule has 0 aromatic rings. The molecule has 0 radical (unpaired) electrons. The molecule has 0 nitrogen and oxygen atoms in total. The zero-order valence-electron chi connectivity index (χ0n) is 3.27. The number of hydrogen-bond acceptors (Lipinski definition) is 0. The molecular formula is CBrF4GeI. The summed E-state index contributed by atoms with van der Waals surface area (Å²) in [6, 6.07) is 0. The van der Waals surface area contributed by atoms with Gasteiger partial charge in [0.25, 0.3) is 0 Å². The van der Waals surface area contributed by atoms with E-state index in [2.05, 4.69) is 0 Å². The van der Waals surface area contributed by atoms with Gasteiger partial charge < -0.3 is 0 Å². The van der Waals surface area contributed by atoms with Crippen molar-refractivity contribution in [2.75, 3.05) is 0 Å². The fourth-order valence-electron chi connectivity index (χ4n) is 0. The van der Waals surface area contributed by atoms with E-state index in [0.717, 1.165) is 20.2 Å². The van der Waals surface area contributed by atoms with Gasteiger partial charge in [-0.05, 0) is 0 Å². The van der Waals surface area contributed by atoms with Gasteiger partial charge in [-0.2, -0.15) is 0 Å². The van der Waals surface area contributed by atoms with Crippen molar-refractivity contribution in [3.63, 3.8) is 0 Å². The van der Waals surface area contributed by atoms with E-state index < -0.39 is 13.6 Å². The number of halogens is 6. The number of alkyl halides is 3. The molecule has 0 rings (SSSR count). The van der Waals surface area contributed by atoms with Crippen molar-refractivity contribution < 1.29 is 16.7 Å². The van der Waals surface area contributed by atoms with Gasteiger partial charge in [0.1, 0.15) is 0 Å². The maximum absolute atomic E-state index is 11.9. The Morgan fingerprint density at radius 3 is 1.50 bits per heavy atom. The van der Waals surface area contributed by atoms with Gasteiger partial charge in [0.15, 0.2) is 0 Å². The van der Waals surface area contributed by atoms with Gasteiger partial charge in [-0.25, -0.2) is 0 Å². The molecule has 0 aliphatic heterocycles. The normalized spacial score (nSPS) is 20.2. The molecule has 0 aromatic carbocycles. The van der Waals surface area contributed by atoms with Gasteiger partial charge in [0, 0.05) is 0 Å². The summed E-state index contributed by atoms with van der Waals surface area (Å²) in [6.07, 6.45) is 0. The van der Waals surface area contributed by atoms with E-state index in [1.165, 1.54) is 0 Å². The molecule has 0 saturated carbocycles. The molecule has 50 valence electrons. The Kier molecular flexibility index (Phi) is 3.09. The molecule has 0 amide bonds. The molecule has 0 aromatic heterocycles. The minimum atomic E-state index is -5.03. The van der Waals surface area contributed by atoms with Gasteiger partial charge in [0.2, 0.25) is 0 Å². The quantitative estimate of drug-likeness (QED) is 0.351. The SMILES string of the molecule is F[C](F)(F)[Ge]([F])([Br])[I]. The van der Waals surface area contributed by atoms with Crippen LogP contribution >= 0.6 is 34.2 Å². The zero-order chi connectivity index (χ0) is 7.00. The fourth-order valence-corrected chi connectivity index (χ4v) is 0. The Balaban J connectivity index is 4.02. The molecule has 0 bridgehead atoms. The molecule has 1 unspecified atom stereocenters. The standard InChI is InChI=1S/CBrF4GeI/c2-7(6,8)1(3,4)5. The Morgan fingerprint density at radius 2 is 1.50 bits per heavy atom. The van der Waals surface area contributed by atoms with E-state index in [0.29, 0.717) is 0 Å². The zero-order valence-corrected chi connectivity index (χ0v) is 9.11. The van der Waals surface area contributed by atoms with Crippen LogP contribution in [0.4, 0.5) is 16.7 Å². The van der Waals surface area contributed by atoms with Crippen LogP contribution in [-0.2, 0) is 0 Å². The first-order valence-corrected chi connectivity index (χ1v) is 14.5. The van der Waals surface area contributed by atoms with Crippen molar-refractivity contribution in [2.24, 2.45) is 0 Å². The third-order valence-corrected chi connectivity index (χ3v) is 7.18. The molecule has 0 spiro atoms. The van der Waals surface area contributed by atoms with Crippen molar-refractivity contribution in [1.82, 2.24) is 0 Å². The van der Waals surface area contributed by atoms with Crippen molar-refractivity contribution in [1.29, 1.82) is 0 Å². The van der Waals surface area contributed by atoms with Gasteiger partial charge >= 0.3 is 64.5 Å². The van der Waals surface area contributed by atoms with Gasteiger partial charge in [-0.1, -0.05) is 0 Å². The molecule has 0 N–H and O–H groups in total. The van der Waals surface area contributed by atoms with Gasteiger partial charge in [0.05, 0.1) is 0 Å². The molecule has 0 aliphatic carbocycles. The van der Waals surface area contributed by atoms with Crippen LogP contribution in [0.15, 0.2) is 0 Å². The minimum absolute atomic E-state index is 0.796. The molecule has 8 heavy (non-hydrogen) atoms. The van der Waals surface area contributed by atoms with Crippen molar-refractivity contribution >= 4 is 42.8 Å². The van der Waals surface area contributed by atoms with Crippen LogP contribution in [0.5, 0.6) is 0 Å². The second kappa shape index (κ2) is 2.61. The summed E-state index contributed by atoms with van der Waals surface area (Å²) in [6.45, 7) is 0. The second-order valence-electron chi connectivity index (χ2n) is 0.996. The third-order valence-electron chi connectivity index (χ3n) is 0.321. The average molecular weight is 367 g/mol. The second-order valence-corrected chi connectivity index (χ2v) is 25.4. The third kappa shape index (κ3) is 2.85. The number of rotatable bonds is 0. The van der Waals surface area contributed by atoms with E-state index in [9.17, 15) is 16.7 Å². The summed E-state index contributed by atoms with van der Waals surface area (Å²) in [7, 11) is -5.03. The molecular weight excluding hydrogens is 367 g/mol. The Morgan fingerprint density at radius 1 is 1.38 bits per heavy atom. The summed E-state index contributed by atoms with van der Waals surface area (Å²) >= 11 is 2.78. The van der Waals surface area contributed by atoms with E-state index in [1.54, 1.807) is 0 Å². The van der Waals surface area contributed by atoms with Crippen molar-refractivity contribution in [3.8, 4) is 0 Å². The Labute approximate surface area is 64.1 Å². The Hall–Kier alpha value is 1.47. The first kappa shape index (κ1) is 9.47. The molecule has 0 aliphatic rings. The van der Waals surface area contributed by atoms with E-state index in [1.807, 2.05) is 14.0 Å². The average Bonchev–Trinajstić information content (AvgIpc) is 1.25. The Bertz CT molecular complexity index is 71.0. The van der Waals surface area contributed by atoms with Crippen LogP contribution < -0.4 is 0 Å². The summed E-state index contributed by atoms with van der Waals surface area (Å²) in [5, 5.41) is -4.64. The van der Waals surface area contributed by atoms with Crippen LogP contribution in [0, 0.1) is 0 Å². The fraction of sp³-hybridized carbons (Fsp3) is 1.00. The summed E-state index contributed by atoms with van der Waals surface area (Å²) < 4.78 is 45.5. The van der Waals surface area contributed by atoms with Crippen LogP contribution in [0.2, 0.25) is 0 Å². The topological polar surface area (TPSA) is 0 Å². The monoisotopic (exact) mass is 368 g/mol.